The van der Waals surface area contributed by atoms with Crippen molar-refractivity contribution in [2.75, 3.05) is 0 Å². The zero-order valence-electron chi connectivity index (χ0n) is 24.3. The van der Waals surface area contributed by atoms with E-state index < -0.39 is 30.3 Å². The zero-order valence-corrected chi connectivity index (χ0v) is 36.2. The minimum absolute atomic E-state index is 0. The van der Waals surface area contributed by atoms with E-state index in [1.165, 1.54) is 0 Å². The summed E-state index contributed by atoms with van der Waals surface area (Å²) >= 11 is 10.6. The van der Waals surface area contributed by atoms with Gasteiger partial charge in [0.2, 0.25) is 0 Å². The van der Waals surface area contributed by atoms with Crippen LogP contribution in [0.5, 0.6) is 0 Å². The smallest absolute Gasteiger partial charge is 0.335 e. The maximum atomic E-state index is 10.9. The van der Waals surface area contributed by atoms with Gasteiger partial charge >= 0.3 is 82.8 Å². The molecule has 3 heterocycles. The average molecular weight is 1200 g/mol. The molecule has 0 aliphatic carbocycles. The molecule has 0 amide bonds. The summed E-state index contributed by atoms with van der Waals surface area (Å²) in [6.07, 6.45) is 6.44. The van der Waals surface area contributed by atoms with E-state index in [9.17, 15) is 9.59 Å². The largest absolute Gasteiger partial charge is 0.478 e. The molecule has 10 nitrogen and oxygen atoms in total. The van der Waals surface area contributed by atoms with E-state index in [-0.39, 0.29) is 36.0 Å². The van der Waals surface area contributed by atoms with Crippen molar-refractivity contribution in [3.05, 3.63) is 101 Å². The van der Waals surface area contributed by atoms with E-state index in [0.717, 1.165) is 21.1 Å². The molecule has 1 saturated heterocycles. The maximum absolute atomic E-state index is 10.9. The predicted octanol–water partition coefficient (Wildman–Crippen LogP) is 8.89. The van der Waals surface area contributed by atoms with Crippen molar-refractivity contribution in [1.29, 1.82) is 0 Å². The van der Waals surface area contributed by atoms with Gasteiger partial charge in [-0.25, -0.2) is 9.59 Å². The summed E-state index contributed by atoms with van der Waals surface area (Å²) in [4.78, 5) is 21.7. The first-order valence-electron chi connectivity index (χ1n) is 12.5. The molecule has 242 valence electrons. The van der Waals surface area contributed by atoms with Gasteiger partial charge in [-0.2, -0.15) is 20.4 Å². The summed E-state index contributed by atoms with van der Waals surface area (Å²) in [5.74, 6) is -1.88. The van der Waals surface area contributed by atoms with Crippen molar-refractivity contribution in [1.82, 2.24) is 20.4 Å². The molecule has 1 aliphatic heterocycles. The van der Waals surface area contributed by atoms with E-state index >= 15 is 0 Å². The quantitative estimate of drug-likeness (QED) is 0.150. The Morgan fingerprint density at radius 2 is 1.24 bits per heavy atom. The standard InChI is InChI=1S/C13H17BO4.C11H8N2O2.C4H3BrN2.BrH.I4/c1-12(2)13(3,4)18-14(17-12)10-7-5-6-9(8-10)11(15)16;14-11(15)9-3-1-2-8(6-9)10-4-5-12-13-7-10;5-4-1-2-6-7-3-4;;1-4(2)3/h5-8H,1-4H3,(H,15,16);1-7H,(H,14,15);1-3H;1H;. The molecule has 45 heavy (non-hydrogen) atoms. The van der Waals surface area contributed by atoms with Crippen LogP contribution < -0.4 is 5.46 Å². The van der Waals surface area contributed by atoms with E-state index in [1.54, 1.807) is 67.3 Å². The second kappa shape index (κ2) is 20.7. The monoisotopic (exact) mass is 1190 g/mol. The number of carboxylic acid groups (broad SMARTS) is 2. The summed E-state index contributed by atoms with van der Waals surface area (Å²) in [7, 11) is -0.873. The summed E-state index contributed by atoms with van der Waals surface area (Å²) in [6, 6.07) is 17.0. The molecule has 2 N–H and O–H groups in total. The number of rotatable bonds is 4. The molecular weight excluding hydrogens is 1170 g/mol. The van der Waals surface area contributed by atoms with Gasteiger partial charge in [-0.05, 0) is 91.0 Å². The summed E-state index contributed by atoms with van der Waals surface area (Å²) in [5, 5.41) is 32.4. The number of carbonyl (C=O) groups is 2. The van der Waals surface area contributed by atoms with Crippen LogP contribution in [0.25, 0.3) is 11.1 Å². The van der Waals surface area contributed by atoms with Crippen molar-refractivity contribution in [2.24, 2.45) is 0 Å². The van der Waals surface area contributed by atoms with Crippen molar-refractivity contribution < 1.29 is 29.1 Å². The summed E-state index contributed by atoms with van der Waals surface area (Å²) in [6.45, 7) is 7.87. The molecule has 5 rings (SSSR count). The predicted molar refractivity (Wildman–Crippen MR) is 220 cm³/mol. The van der Waals surface area contributed by atoms with Crippen molar-refractivity contribution in [3.63, 3.8) is 0 Å². The van der Waals surface area contributed by atoms with Crippen LogP contribution in [0, 0.1) is 0 Å². The molecule has 0 atom stereocenters. The van der Waals surface area contributed by atoms with Gasteiger partial charge in [0.25, 0.3) is 0 Å². The van der Waals surface area contributed by atoms with Crippen LogP contribution in [0.3, 0.4) is 0 Å². The molecule has 0 bridgehead atoms. The van der Waals surface area contributed by atoms with Gasteiger partial charge in [-0.1, -0.05) is 24.3 Å². The van der Waals surface area contributed by atoms with E-state index in [1.807, 2.05) is 45.9 Å². The number of hydrogen-bond acceptors (Lipinski definition) is 8. The fourth-order valence-corrected chi connectivity index (χ4v) is 3.58. The number of benzene rings is 2. The molecular formula is C28H29BBr2I4N4O6. The third-order valence-corrected chi connectivity index (χ3v) is 6.70. The summed E-state index contributed by atoms with van der Waals surface area (Å²) < 4.78 is 12.7. The van der Waals surface area contributed by atoms with E-state index in [2.05, 4.69) is 92.2 Å². The maximum Gasteiger partial charge on any atom is 0.335 e. The van der Waals surface area contributed by atoms with Gasteiger partial charge in [0.05, 0.1) is 47.1 Å². The Kier molecular flexibility index (Phi) is 19.5. The number of hydrogen-bond donors (Lipinski definition) is 2. The second-order valence-corrected chi connectivity index (χ2v) is 59.4. The van der Waals surface area contributed by atoms with E-state index in [0.29, 0.717) is 0 Å². The molecule has 1 fully saturated rings. The van der Waals surface area contributed by atoms with Crippen LogP contribution in [0.1, 0.15) is 48.4 Å². The molecule has 2 aromatic carbocycles. The average Bonchev–Trinajstić information content (AvgIpc) is 3.20. The zero-order chi connectivity index (χ0) is 32.9. The SMILES string of the molecule is Br.Brc1ccnnc1.CC1(C)OB(c2cccc(C(=O)O)c2)OC1(C)C.II(I)I.O=C(O)c1cccc(-c2ccnnc2)c1. The Morgan fingerprint density at radius 3 is 1.67 bits per heavy atom. The van der Waals surface area contributed by atoms with Crippen molar-refractivity contribution in [3.8, 4) is 11.1 Å². The van der Waals surface area contributed by atoms with Crippen LogP contribution in [0.15, 0.2) is 89.9 Å². The summed E-state index contributed by atoms with van der Waals surface area (Å²) in [5.41, 5.74) is 2.08. The Labute approximate surface area is 317 Å². The molecule has 4 aromatic rings. The van der Waals surface area contributed by atoms with Crippen LogP contribution in [0.2, 0.25) is 0 Å². The normalized spacial score (nSPS) is 14.0. The molecule has 17 heteroatoms. The number of halogens is 6. The minimum Gasteiger partial charge on any atom is -0.478 e. The van der Waals surface area contributed by atoms with Crippen molar-refractivity contribution in [2.45, 2.75) is 38.9 Å². The number of aromatic carboxylic acids is 2. The Balaban J connectivity index is 0.000000336. The van der Waals surface area contributed by atoms with Crippen LogP contribution in [-0.2, 0) is 9.31 Å². The minimum atomic E-state index is -0.951. The first kappa shape index (κ1) is 42.4. The first-order valence-corrected chi connectivity index (χ1v) is 32.2. The Bertz CT molecular complexity index is 1490. The van der Waals surface area contributed by atoms with Crippen LogP contribution >= 0.6 is 96.7 Å². The Hall–Kier alpha value is -0.595. The third-order valence-electron chi connectivity index (χ3n) is 6.23. The van der Waals surface area contributed by atoms with Gasteiger partial charge in [0, 0.05) is 10.0 Å². The molecule has 0 radical (unpaired) electrons. The molecule has 0 spiro atoms. The second-order valence-electron chi connectivity index (χ2n) is 9.76. The molecule has 0 saturated carbocycles. The van der Waals surface area contributed by atoms with Gasteiger partial charge in [-0.15, -0.1) is 17.0 Å². The van der Waals surface area contributed by atoms with Gasteiger partial charge in [0.1, 0.15) is 0 Å². The molecule has 0 unspecified atom stereocenters. The van der Waals surface area contributed by atoms with Gasteiger partial charge in [-0.3, -0.25) is 0 Å². The molecule has 1 aliphatic rings. The third kappa shape index (κ3) is 15.0. The van der Waals surface area contributed by atoms with E-state index in [4.69, 9.17) is 19.5 Å². The fraction of sp³-hybridized carbons (Fsp3) is 0.214. The topological polar surface area (TPSA) is 145 Å². The fourth-order valence-electron chi connectivity index (χ4n) is 3.37. The van der Waals surface area contributed by atoms with Crippen LogP contribution in [-0.4, -0.2) is 60.9 Å². The number of nitrogens with zero attached hydrogens (tertiary/aromatic N) is 4. The van der Waals surface area contributed by atoms with Gasteiger partial charge in [0.15, 0.2) is 0 Å². The number of carboxylic acids is 2. The first-order chi connectivity index (χ1) is 20.6. The Morgan fingerprint density at radius 1 is 0.756 bits per heavy atom. The van der Waals surface area contributed by atoms with Crippen molar-refractivity contribution >= 4 is 121 Å². The molecule has 2 aromatic heterocycles. The van der Waals surface area contributed by atoms with Crippen LogP contribution in [0.4, 0.5) is 0 Å². The van der Waals surface area contributed by atoms with Gasteiger partial charge < -0.3 is 19.5 Å². The number of aromatic nitrogens is 4.